The Morgan fingerprint density at radius 1 is 0.885 bits per heavy atom. The molecule has 26 heavy (non-hydrogen) atoms. The number of halogens is 1. The van der Waals surface area contributed by atoms with E-state index in [-0.39, 0.29) is 23.8 Å². The lowest BCUT2D eigenvalue weighted by Crippen LogP contribution is -2.22. The maximum atomic E-state index is 12.6. The van der Waals surface area contributed by atoms with Crippen LogP contribution in [-0.2, 0) is 36.9 Å². The molecule has 2 aliphatic carbocycles. The number of nitrogens with one attached hydrogen (secondary N) is 1. The third-order valence-corrected chi connectivity index (χ3v) is 5.22. The van der Waals surface area contributed by atoms with Crippen molar-refractivity contribution in [1.29, 1.82) is 0 Å². The van der Waals surface area contributed by atoms with E-state index in [4.69, 9.17) is 4.98 Å². The van der Waals surface area contributed by atoms with Gasteiger partial charge in [0.25, 0.3) is 0 Å². The minimum absolute atomic E-state index is 0. The SMILES string of the molecule is Cl.O.O=C(Cc1ccccc1)Nc1c2c(nc3c1CCCC3)CCCC2. The Hall–Kier alpha value is -1.91. The van der Waals surface area contributed by atoms with E-state index in [0.717, 1.165) is 36.9 Å². The quantitative estimate of drug-likeness (QED) is 0.890. The van der Waals surface area contributed by atoms with Crippen molar-refractivity contribution in [3.63, 3.8) is 0 Å². The molecule has 5 heteroatoms. The number of pyridine rings is 1. The third kappa shape index (κ3) is 4.25. The molecule has 0 radical (unpaired) electrons. The zero-order valence-corrected chi connectivity index (χ0v) is 15.8. The van der Waals surface area contributed by atoms with E-state index in [1.165, 1.54) is 48.2 Å². The van der Waals surface area contributed by atoms with Crippen LogP contribution in [0.4, 0.5) is 5.69 Å². The van der Waals surface area contributed by atoms with E-state index < -0.39 is 0 Å². The summed E-state index contributed by atoms with van der Waals surface area (Å²) < 4.78 is 0. The average Bonchev–Trinajstić information content (AvgIpc) is 2.62. The third-order valence-electron chi connectivity index (χ3n) is 5.22. The molecule has 3 N–H and O–H groups in total. The van der Waals surface area contributed by atoms with Gasteiger partial charge in [-0.2, -0.15) is 0 Å². The van der Waals surface area contributed by atoms with Gasteiger partial charge in [-0.15, -0.1) is 12.4 Å². The summed E-state index contributed by atoms with van der Waals surface area (Å²) in [6.45, 7) is 0. The van der Waals surface area contributed by atoms with Gasteiger partial charge in [-0.3, -0.25) is 9.78 Å². The van der Waals surface area contributed by atoms with Gasteiger partial charge in [-0.25, -0.2) is 0 Å². The smallest absolute Gasteiger partial charge is 0.228 e. The predicted molar refractivity (Wildman–Crippen MR) is 107 cm³/mol. The van der Waals surface area contributed by atoms with Crippen LogP contribution in [0.1, 0.15) is 53.8 Å². The number of hydrogen-bond acceptors (Lipinski definition) is 2. The number of aryl methyl sites for hydroxylation is 2. The molecule has 0 unspecified atom stereocenters. The lowest BCUT2D eigenvalue weighted by atomic mass is 9.87. The summed E-state index contributed by atoms with van der Waals surface area (Å²) in [5, 5.41) is 3.27. The van der Waals surface area contributed by atoms with Gasteiger partial charge >= 0.3 is 0 Å². The summed E-state index contributed by atoms with van der Waals surface area (Å²) in [5.74, 6) is 0.0907. The monoisotopic (exact) mass is 374 g/mol. The van der Waals surface area contributed by atoms with E-state index in [2.05, 4.69) is 5.32 Å². The van der Waals surface area contributed by atoms with Crippen LogP contribution in [0, 0.1) is 0 Å². The Bertz CT molecular complexity index is 728. The summed E-state index contributed by atoms with van der Waals surface area (Å²) in [5.41, 5.74) is 7.25. The van der Waals surface area contributed by atoms with Crippen molar-refractivity contribution < 1.29 is 10.3 Å². The molecule has 2 aliphatic rings. The number of carbonyl (C=O) groups is 1. The summed E-state index contributed by atoms with van der Waals surface area (Å²) in [6, 6.07) is 9.97. The van der Waals surface area contributed by atoms with Gasteiger partial charge in [0.15, 0.2) is 0 Å². The van der Waals surface area contributed by atoms with Gasteiger partial charge in [0.2, 0.25) is 5.91 Å². The Kier molecular flexibility index (Phi) is 7.18. The van der Waals surface area contributed by atoms with Crippen LogP contribution in [-0.4, -0.2) is 16.4 Å². The molecule has 0 spiro atoms. The number of rotatable bonds is 3. The molecule has 4 rings (SSSR count). The van der Waals surface area contributed by atoms with Crippen LogP contribution >= 0.6 is 12.4 Å². The van der Waals surface area contributed by atoms with Gasteiger partial charge in [-0.1, -0.05) is 30.3 Å². The van der Waals surface area contributed by atoms with E-state index >= 15 is 0 Å². The van der Waals surface area contributed by atoms with Crippen molar-refractivity contribution in [2.24, 2.45) is 0 Å². The Balaban J connectivity index is 0.00000121. The standard InChI is InChI=1S/C21H24N2O.ClH.H2O/c24-20(14-15-8-2-1-3-9-15)23-21-16-10-4-6-12-18(16)22-19-13-7-5-11-17(19)21;;/h1-3,8-9H,4-7,10-14H2,(H,22,23,24);1H;1H2. The summed E-state index contributed by atoms with van der Waals surface area (Å²) in [6.07, 6.45) is 9.50. The lowest BCUT2D eigenvalue weighted by molar-refractivity contribution is -0.115. The molecule has 0 saturated carbocycles. The largest absolute Gasteiger partial charge is 0.412 e. The molecule has 0 atom stereocenters. The first-order chi connectivity index (χ1) is 11.8. The van der Waals surface area contributed by atoms with E-state index in [9.17, 15) is 4.79 Å². The molecule has 140 valence electrons. The van der Waals surface area contributed by atoms with Crippen LogP contribution in [0.3, 0.4) is 0 Å². The average molecular weight is 375 g/mol. The van der Waals surface area contributed by atoms with Crippen LogP contribution < -0.4 is 5.32 Å². The Morgan fingerprint density at radius 3 is 2.00 bits per heavy atom. The molecular formula is C21H27ClN2O2. The summed E-state index contributed by atoms with van der Waals surface area (Å²) in [4.78, 5) is 17.6. The van der Waals surface area contributed by atoms with Crippen molar-refractivity contribution in [2.75, 3.05) is 5.32 Å². The number of aromatic nitrogens is 1. The molecule has 0 bridgehead atoms. The highest BCUT2D eigenvalue weighted by Crippen LogP contribution is 2.35. The predicted octanol–water partition coefficient (Wildman–Crippen LogP) is 3.62. The maximum absolute atomic E-state index is 12.6. The van der Waals surface area contributed by atoms with Gasteiger partial charge in [0.05, 0.1) is 12.1 Å². The summed E-state index contributed by atoms with van der Waals surface area (Å²) in [7, 11) is 0. The minimum atomic E-state index is 0. The second-order valence-corrected chi connectivity index (χ2v) is 6.96. The number of hydrogen-bond donors (Lipinski definition) is 1. The second kappa shape index (κ2) is 9.15. The highest BCUT2D eigenvalue weighted by Gasteiger charge is 2.24. The second-order valence-electron chi connectivity index (χ2n) is 6.96. The van der Waals surface area contributed by atoms with Gasteiger partial charge < -0.3 is 10.8 Å². The van der Waals surface area contributed by atoms with Gasteiger partial charge in [0, 0.05) is 11.4 Å². The first-order valence-corrected chi connectivity index (χ1v) is 9.18. The van der Waals surface area contributed by atoms with Crippen molar-refractivity contribution in [3.8, 4) is 0 Å². The van der Waals surface area contributed by atoms with Crippen molar-refractivity contribution in [1.82, 2.24) is 4.98 Å². The zero-order valence-electron chi connectivity index (χ0n) is 15.0. The zero-order chi connectivity index (χ0) is 16.4. The number of benzene rings is 1. The van der Waals surface area contributed by atoms with E-state index in [1.807, 2.05) is 30.3 Å². The van der Waals surface area contributed by atoms with E-state index in [1.54, 1.807) is 0 Å². The highest BCUT2D eigenvalue weighted by atomic mass is 35.5. The van der Waals surface area contributed by atoms with E-state index in [0.29, 0.717) is 6.42 Å². The van der Waals surface area contributed by atoms with Crippen LogP contribution in [0.5, 0.6) is 0 Å². The Morgan fingerprint density at radius 2 is 1.42 bits per heavy atom. The van der Waals surface area contributed by atoms with Crippen LogP contribution in [0.25, 0.3) is 0 Å². The fourth-order valence-corrected chi connectivity index (χ4v) is 4.02. The molecule has 0 fully saturated rings. The molecule has 1 heterocycles. The number of nitrogens with zero attached hydrogens (tertiary/aromatic N) is 1. The summed E-state index contributed by atoms with van der Waals surface area (Å²) >= 11 is 0. The first-order valence-electron chi connectivity index (χ1n) is 9.18. The topological polar surface area (TPSA) is 73.5 Å². The van der Waals surface area contributed by atoms with Crippen LogP contribution in [0.2, 0.25) is 0 Å². The lowest BCUT2D eigenvalue weighted by Gasteiger charge is -2.26. The first kappa shape index (κ1) is 20.4. The molecule has 0 saturated heterocycles. The minimum Gasteiger partial charge on any atom is -0.412 e. The molecule has 1 aromatic heterocycles. The van der Waals surface area contributed by atoms with Crippen molar-refractivity contribution in [2.45, 2.75) is 57.8 Å². The van der Waals surface area contributed by atoms with Gasteiger partial charge in [-0.05, 0) is 68.1 Å². The fourth-order valence-electron chi connectivity index (χ4n) is 4.02. The van der Waals surface area contributed by atoms with Gasteiger partial charge in [0.1, 0.15) is 0 Å². The van der Waals surface area contributed by atoms with Crippen LogP contribution in [0.15, 0.2) is 30.3 Å². The van der Waals surface area contributed by atoms with Crippen molar-refractivity contribution in [3.05, 3.63) is 58.4 Å². The maximum Gasteiger partial charge on any atom is 0.228 e. The molecular weight excluding hydrogens is 348 g/mol. The molecule has 0 aliphatic heterocycles. The normalized spacial score (nSPS) is 14.9. The fraction of sp³-hybridized carbons (Fsp3) is 0.429. The number of amides is 1. The molecule has 1 aromatic carbocycles. The highest BCUT2D eigenvalue weighted by molar-refractivity contribution is 5.94. The number of carbonyl (C=O) groups excluding carboxylic acids is 1. The van der Waals surface area contributed by atoms with Crippen molar-refractivity contribution >= 4 is 24.0 Å². The molecule has 4 nitrogen and oxygen atoms in total. The number of anilines is 1. The molecule has 2 aromatic rings. The molecule has 1 amide bonds. The number of fused-ring (bicyclic) bond motifs is 2. The Labute approximate surface area is 161 Å².